The Hall–Kier alpha value is -1.72. The highest BCUT2D eigenvalue weighted by Gasteiger charge is 2.10. The van der Waals surface area contributed by atoms with Gasteiger partial charge in [-0.15, -0.1) is 0 Å². The highest BCUT2D eigenvalue weighted by molar-refractivity contribution is 5.89. The van der Waals surface area contributed by atoms with Crippen LogP contribution >= 0.6 is 0 Å². The number of nitrogens with one attached hydrogen (secondary N) is 1. The van der Waals surface area contributed by atoms with E-state index in [4.69, 9.17) is 33.2 Å². The number of H-pyrrole nitrogens is 1. The molecular weight excluding hydrogens is 440 g/mol. The predicted octanol–water partition coefficient (Wildman–Crippen LogP) is 2.38. The van der Waals surface area contributed by atoms with Gasteiger partial charge < -0.3 is 43.0 Å². The molecule has 2 rings (SSSR count). The van der Waals surface area contributed by atoms with Gasteiger partial charge >= 0.3 is 0 Å². The Morgan fingerprint density at radius 3 is 1.76 bits per heavy atom. The number of likely N-dealkylation sites (N-methyl/N-ethyl adjacent to an activating group) is 1. The lowest BCUT2D eigenvalue weighted by Gasteiger charge is -2.11. The van der Waals surface area contributed by atoms with Gasteiger partial charge in [-0.3, -0.25) is 0 Å². The van der Waals surface area contributed by atoms with E-state index in [9.17, 15) is 0 Å². The average Bonchev–Trinajstić information content (AvgIpc) is 3.26. The minimum atomic E-state index is 0.498. The smallest absolute Gasteiger partial charge is 0.129 e. The summed E-state index contributed by atoms with van der Waals surface area (Å²) >= 11 is 0. The van der Waals surface area contributed by atoms with Crippen LogP contribution in [0.1, 0.15) is 5.56 Å². The summed E-state index contributed by atoms with van der Waals surface area (Å²) < 4.78 is 38.2. The Bertz CT molecular complexity index is 754. The quantitative estimate of drug-likeness (QED) is 0.256. The lowest BCUT2D eigenvalue weighted by molar-refractivity contribution is -0.0159. The topological polar surface area (TPSA) is 83.6 Å². The number of benzene rings is 1. The van der Waals surface area contributed by atoms with Crippen LogP contribution in [0, 0.1) is 0 Å². The van der Waals surface area contributed by atoms with Crippen molar-refractivity contribution in [2.24, 2.45) is 0 Å². The fourth-order valence-electron chi connectivity index (χ4n) is 3.22. The van der Waals surface area contributed by atoms with Crippen molar-refractivity contribution in [1.29, 1.82) is 0 Å². The molecule has 1 N–H and O–H groups in total. The lowest BCUT2D eigenvalue weighted by Crippen LogP contribution is -2.15. The van der Waals surface area contributed by atoms with Gasteiger partial charge in [0.25, 0.3) is 0 Å². The molecule has 1 aromatic heterocycles. The molecule has 0 spiro atoms. The number of fused-ring (bicyclic) bond motifs is 1. The molecule has 0 atom stereocenters. The SMILES string of the molecule is COCCOCCOCCOCCOCCOCCOc1cccc2[nH]cc(CCN(C)C)c12. The molecule has 0 fully saturated rings. The first-order valence-electron chi connectivity index (χ1n) is 12.0. The molecule has 34 heavy (non-hydrogen) atoms. The predicted molar refractivity (Wildman–Crippen MR) is 132 cm³/mol. The van der Waals surface area contributed by atoms with Crippen molar-refractivity contribution in [3.63, 3.8) is 0 Å². The van der Waals surface area contributed by atoms with E-state index < -0.39 is 0 Å². The van der Waals surface area contributed by atoms with Crippen LogP contribution in [0.3, 0.4) is 0 Å². The summed E-state index contributed by atoms with van der Waals surface area (Å²) in [6, 6.07) is 6.10. The fraction of sp³-hybridized carbons (Fsp3) is 0.680. The monoisotopic (exact) mass is 482 g/mol. The van der Waals surface area contributed by atoms with Crippen LogP contribution in [0.25, 0.3) is 10.9 Å². The molecule has 0 radical (unpaired) electrons. The number of nitrogens with zero attached hydrogens (tertiary/aromatic N) is 1. The largest absolute Gasteiger partial charge is 0.490 e. The summed E-state index contributed by atoms with van der Waals surface area (Å²) in [7, 11) is 5.82. The van der Waals surface area contributed by atoms with Crippen LogP contribution in [-0.4, -0.2) is 117 Å². The Kier molecular flexibility index (Phi) is 15.6. The van der Waals surface area contributed by atoms with Gasteiger partial charge in [0.1, 0.15) is 12.4 Å². The maximum Gasteiger partial charge on any atom is 0.129 e. The van der Waals surface area contributed by atoms with Gasteiger partial charge in [0, 0.05) is 30.8 Å². The van der Waals surface area contributed by atoms with Gasteiger partial charge in [0.2, 0.25) is 0 Å². The third-order valence-electron chi connectivity index (χ3n) is 4.98. The highest BCUT2D eigenvalue weighted by Crippen LogP contribution is 2.29. The van der Waals surface area contributed by atoms with E-state index in [2.05, 4.69) is 36.2 Å². The summed E-state index contributed by atoms with van der Waals surface area (Å²) in [5, 5.41) is 1.16. The van der Waals surface area contributed by atoms with Crippen molar-refractivity contribution >= 4 is 10.9 Å². The van der Waals surface area contributed by atoms with E-state index in [1.165, 1.54) is 5.56 Å². The molecule has 0 bridgehead atoms. The zero-order valence-electron chi connectivity index (χ0n) is 21.0. The third kappa shape index (κ3) is 12.1. The molecule has 0 aliphatic rings. The van der Waals surface area contributed by atoms with Crippen LogP contribution in [0.15, 0.2) is 24.4 Å². The summed E-state index contributed by atoms with van der Waals surface area (Å²) in [5.41, 5.74) is 2.37. The van der Waals surface area contributed by atoms with Crippen molar-refractivity contribution in [3.05, 3.63) is 30.0 Å². The number of rotatable bonds is 22. The van der Waals surface area contributed by atoms with Gasteiger partial charge in [-0.2, -0.15) is 0 Å². The molecule has 9 nitrogen and oxygen atoms in total. The molecule has 0 aliphatic carbocycles. The summed E-state index contributed by atoms with van der Waals surface area (Å²) in [4.78, 5) is 5.52. The maximum absolute atomic E-state index is 6.00. The molecule has 0 unspecified atom stereocenters. The summed E-state index contributed by atoms with van der Waals surface area (Å²) in [6.07, 6.45) is 3.05. The van der Waals surface area contributed by atoms with Crippen LogP contribution in [-0.2, 0) is 34.8 Å². The van der Waals surface area contributed by atoms with Crippen molar-refractivity contribution in [2.45, 2.75) is 6.42 Å². The molecule has 0 aliphatic heterocycles. The molecule has 9 heteroatoms. The molecule has 1 aromatic carbocycles. The second-order valence-corrected chi connectivity index (χ2v) is 7.95. The standard InChI is InChI=1S/C25H42N2O7/c1-27(2)8-7-22-21-26-23-5-4-6-24(25(22)23)34-20-19-33-18-17-32-16-15-31-14-13-30-12-11-29-10-9-28-3/h4-6,21,26H,7-20H2,1-3H3. The normalized spacial score (nSPS) is 11.6. The van der Waals surface area contributed by atoms with E-state index in [-0.39, 0.29) is 0 Å². The van der Waals surface area contributed by atoms with E-state index in [0.29, 0.717) is 79.3 Å². The van der Waals surface area contributed by atoms with Gasteiger partial charge in [0.05, 0.1) is 72.7 Å². The number of hydrogen-bond acceptors (Lipinski definition) is 8. The average molecular weight is 483 g/mol. The first-order valence-corrected chi connectivity index (χ1v) is 12.0. The van der Waals surface area contributed by atoms with E-state index in [1.54, 1.807) is 7.11 Å². The van der Waals surface area contributed by atoms with Crippen molar-refractivity contribution in [3.8, 4) is 5.75 Å². The fourth-order valence-corrected chi connectivity index (χ4v) is 3.22. The Morgan fingerprint density at radius 2 is 1.24 bits per heavy atom. The Labute approximate surface area is 203 Å². The van der Waals surface area contributed by atoms with E-state index >= 15 is 0 Å². The summed E-state index contributed by atoms with van der Waals surface area (Å²) in [5.74, 6) is 0.895. The molecule has 2 aromatic rings. The number of methoxy groups -OCH3 is 1. The second-order valence-electron chi connectivity index (χ2n) is 7.95. The minimum Gasteiger partial charge on any atom is -0.490 e. The van der Waals surface area contributed by atoms with Gasteiger partial charge in [-0.05, 0) is 38.2 Å². The third-order valence-corrected chi connectivity index (χ3v) is 4.98. The van der Waals surface area contributed by atoms with Crippen LogP contribution in [0.5, 0.6) is 5.75 Å². The number of aromatic nitrogens is 1. The number of hydrogen-bond donors (Lipinski definition) is 1. The van der Waals surface area contributed by atoms with Crippen LogP contribution in [0.2, 0.25) is 0 Å². The van der Waals surface area contributed by atoms with E-state index in [1.807, 2.05) is 12.1 Å². The van der Waals surface area contributed by atoms with Gasteiger partial charge in [-0.1, -0.05) is 6.07 Å². The molecule has 0 saturated carbocycles. The van der Waals surface area contributed by atoms with E-state index in [0.717, 1.165) is 29.6 Å². The Balaban J connectivity index is 1.43. The van der Waals surface area contributed by atoms with Crippen molar-refractivity contribution < 1.29 is 33.2 Å². The molecular formula is C25H42N2O7. The Morgan fingerprint density at radius 1 is 0.706 bits per heavy atom. The summed E-state index contributed by atoms with van der Waals surface area (Å²) in [6.45, 7) is 7.53. The zero-order chi connectivity index (χ0) is 24.3. The zero-order valence-corrected chi connectivity index (χ0v) is 21.0. The van der Waals surface area contributed by atoms with Crippen molar-refractivity contribution in [1.82, 2.24) is 9.88 Å². The lowest BCUT2D eigenvalue weighted by atomic mass is 10.1. The van der Waals surface area contributed by atoms with Crippen LogP contribution < -0.4 is 4.74 Å². The number of ether oxygens (including phenoxy) is 7. The van der Waals surface area contributed by atoms with Crippen LogP contribution in [0.4, 0.5) is 0 Å². The molecule has 0 amide bonds. The molecule has 194 valence electrons. The molecule has 1 heterocycles. The second kappa shape index (κ2) is 18.6. The minimum absolute atomic E-state index is 0.498. The highest BCUT2D eigenvalue weighted by atomic mass is 16.6. The molecule has 0 saturated heterocycles. The van der Waals surface area contributed by atoms with Crippen molar-refractivity contribution in [2.75, 3.05) is 107 Å². The van der Waals surface area contributed by atoms with Gasteiger partial charge in [-0.25, -0.2) is 0 Å². The maximum atomic E-state index is 6.00. The number of aromatic amines is 1. The first-order chi connectivity index (χ1) is 16.7. The van der Waals surface area contributed by atoms with Gasteiger partial charge in [0.15, 0.2) is 0 Å². The first kappa shape index (κ1) is 28.5.